The van der Waals surface area contributed by atoms with Gasteiger partial charge in [0.15, 0.2) is 5.78 Å². The second kappa shape index (κ2) is 7.08. The molecular weight excluding hydrogens is 336 g/mol. The van der Waals surface area contributed by atoms with E-state index in [0.717, 1.165) is 16.8 Å². The fourth-order valence-electron chi connectivity index (χ4n) is 3.45. The smallest absolute Gasteiger partial charge is 0.256 e. The highest BCUT2D eigenvalue weighted by molar-refractivity contribution is 5.99. The zero-order valence-electron chi connectivity index (χ0n) is 15.1. The summed E-state index contributed by atoms with van der Waals surface area (Å²) in [6.07, 6.45) is -0.281. The molecule has 3 aromatic carbocycles. The number of hydrogen-bond donors (Lipinski definition) is 1. The van der Waals surface area contributed by atoms with Crippen molar-refractivity contribution < 1.29 is 9.59 Å². The number of anilines is 1. The average Bonchev–Trinajstić information content (AvgIpc) is 2.95. The van der Waals surface area contributed by atoms with Gasteiger partial charge in [0.25, 0.3) is 5.91 Å². The van der Waals surface area contributed by atoms with Gasteiger partial charge in [0.1, 0.15) is 6.17 Å². The van der Waals surface area contributed by atoms with E-state index in [4.69, 9.17) is 0 Å². The minimum Gasteiger partial charge on any atom is -0.361 e. The standard InChI is InChI=1S/C23H20N2O2/c1-16(26)18-10-7-11-19(14-18)24-22-20-12-5-6-13-21(20)23(27)25(22)15-17-8-3-2-4-9-17/h2-14,22,24H,15H2,1H3. The fraction of sp³-hybridized carbons (Fsp3) is 0.130. The van der Waals surface area contributed by atoms with Gasteiger partial charge >= 0.3 is 0 Å². The number of fused-ring (bicyclic) bond motifs is 1. The first-order valence-corrected chi connectivity index (χ1v) is 8.95. The molecule has 0 bridgehead atoms. The van der Waals surface area contributed by atoms with E-state index in [1.54, 1.807) is 13.0 Å². The Morgan fingerprint density at radius 2 is 1.70 bits per heavy atom. The van der Waals surface area contributed by atoms with Crippen molar-refractivity contribution in [2.24, 2.45) is 0 Å². The Kier molecular flexibility index (Phi) is 4.47. The lowest BCUT2D eigenvalue weighted by Crippen LogP contribution is -2.31. The van der Waals surface area contributed by atoms with Crippen molar-refractivity contribution in [2.45, 2.75) is 19.6 Å². The summed E-state index contributed by atoms with van der Waals surface area (Å²) in [5.41, 5.74) is 4.20. The number of carbonyl (C=O) groups excluding carboxylic acids is 2. The SMILES string of the molecule is CC(=O)c1cccc(NC2c3ccccc3C(=O)N2Cc2ccccc2)c1. The molecule has 1 amide bonds. The third-order valence-corrected chi connectivity index (χ3v) is 4.83. The molecule has 0 aliphatic carbocycles. The molecule has 0 saturated carbocycles. The van der Waals surface area contributed by atoms with Crippen LogP contribution in [0, 0.1) is 0 Å². The van der Waals surface area contributed by atoms with Crippen LogP contribution in [0.5, 0.6) is 0 Å². The first-order chi connectivity index (χ1) is 13.1. The van der Waals surface area contributed by atoms with Gasteiger partial charge in [-0.1, -0.05) is 60.7 Å². The van der Waals surface area contributed by atoms with Crippen molar-refractivity contribution >= 4 is 17.4 Å². The summed E-state index contributed by atoms with van der Waals surface area (Å²) in [6, 6.07) is 25.0. The number of ketones is 1. The average molecular weight is 356 g/mol. The Labute approximate surface area is 158 Å². The zero-order valence-corrected chi connectivity index (χ0v) is 15.1. The van der Waals surface area contributed by atoms with E-state index in [0.29, 0.717) is 17.7 Å². The maximum absolute atomic E-state index is 13.0. The Bertz CT molecular complexity index is 998. The second-order valence-corrected chi connectivity index (χ2v) is 6.69. The molecule has 1 atom stereocenters. The molecule has 4 rings (SSSR count). The first-order valence-electron chi connectivity index (χ1n) is 8.95. The van der Waals surface area contributed by atoms with E-state index < -0.39 is 0 Å². The molecule has 1 unspecified atom stereocenters. The molecular formula is C23H20N2O2. The van der Waals surface area contributed by atoms with Crippen molar-refractivity contribution in [1.29, 1.82) is 0 Å². The first kappa shape index (κ1) is 17.0. The second-order valence-electron chi connectivity index (χ2n) is 6.69. The molecule has 27 heavy (non-hydrogen) atoms. The zero-order chi connectivity index (χ0) is 18.8. The van der Waals surface area contributed by atoms with Crippen molar-refractivity contribution in [2.75, 3.05) is 5.32 Å². The molecule has 1 aliphatic heterocycles. The minimum absolute atomic E-state index is 0.00896. The van der Waals surface area contributed by atoms with E-state index in [1.165, 1.54) is 0 Å². The molecule has 1 N–H and O–H groups in total. The molecule has 0 aromatic heterocycles. The van der Waals surface area contributed by atoms with E-state index in [-0.39, 0.29) is 17.9 Å². The Morgan fingerprint density at radius 3 is 2.48 bits per heavy atom. The number of amides is 1. The van der Waals surface area contributed by atoms with Crippen LogP contribution in [-0.4, -0.2) is 16.6 Å². The molecule has 0 spiro atoms. The molecule has 0 radical (unpaired) electrons. The predicted octanol–water partition coefficient (Wildman–Crippen LogP) is 4.66. The minimum atomic E-state index is -0.281. The number of rotatable bonds is 5. The highest BCUT2D eigenvalue weighted by Crippen LogP contribution is 2.35. The number of hydrogen-bond acceptors (Lipinski definition) is 3. The van der Waals surface area contributed by atoms with Crippen LogP contribution in [0.25, 0.3) is 0 Å². The van der Waals surface area contributed by atoms with Crippen LogP contribution in [0.15, 0.2) is 78.9 Å². The lowest BCUT2D eigenvalue weighted by molar-refractivity contribution is 0.0728. The monoisotopic (exact) mass is 356 g/mol. The molecule has 0 saturated heterocycles. The van der Waals surface area contributed by atoms with E-state index >= 15 is 0 Å². The molecule has 3 aromatic rings. The molecule has 1 aliphatic rings. The lowest BCUT2D eigenvalue weighted by atomic mass is 10.1. The van der Waals surface area contributed by atoms with Gasteiger partial charge in [0.05, 0.1) is 0 Å². The van der Waals surface area contributed by atoms with Gasteiger partial charge in [-0.3, -0.25) is 9.59 Å². The summed E-state index contributed by atoms with van der Waals surface area (Å²) < 4.78 is 0. The highest BCUT2D eigenvalue weighted by Gasteiger charge is 2.36. The third-order valence-electron chi connectivity index (χ3n) is 4.83. The maximum Gasteiger partial charge on any atom is 0.256 e. The van der Waals surface area contributed by atoms with E-state index in [2.05, 4.69) is 5.32 Å². The van der Waals surface area contributed by atoms with Crippen molar-refractivity contribution in [3.05, 3.63) is 101 Å². The fourth-order valence-corrected chi connectivity index (χ4v) is 3.45. The van der Waals surface area contributed by atoms with Gasteiger partial charge in [0, 0.05) is 28.9 Å². The lowest BCUT2D eigenvalue weighted by Gasteiger charge is -2.27. The van der Waals surface area contributed by atoms with Gasteiger partial charge in [-0.15, -0.1) is 0 Å². The van der Waals surface area contributed by atoms with E-state index in [9.17, 15) is 9.59 Å². The predicted molar refractivity (Wildman–Crippen MR) is 106 cm³/mol. The normalized spacial score (nSPS) is 15.5. The van der Waals surface area contributed by atoms with Crippen LogP contribution in [0.1, 0.15) is 44.9 Å². The third kappa shape index (κ3) is 3.34. The number of nitrogens with one attached hydrogen (secondary N) is 1. The topological polar surface area (TPSA) is 49.4 Å². The van der Waals surface area contributed by atoms with Gasteiger partial charge < -0.3 is 10.2 Å². The summed E-state index contributed by atoms with van der Waals surface area (Å²) in [4.78, 5) is 26.5. The molecule has 1 heterocycles. The van der Waals surface area contributed by atoms with Gasteiger partial charge in [-0.2, -0.15) is 0 Å². The quantitative estimate of drug-likeness (QED) is 0.677. The summed E-state index contributed by atoms with van der Waals surface area (Å²) in [5, 5.41) is 3.45. The van der Waals surface area contributed by atoms with Crippen LogP contribution in [0.3, 0.4) is 0 Å². The van der Waals surface area contributed by atoms with Gasteiger partial charge in [-0.05, 0) is 30.7 Å². The van der Waals surface area contributed by atoms with Crippen LogP contribution in [0.4, 0.5) is 5.69 Å². The highest BCUT2D eigenvalue weighted by atomic mass is 16.2. The molecule has 0 fully saturated rings. The largest absolute Gasteiger partial charge is 0.361 e. The number of carbonyl (C=O) groups is 2. The number of Topliss-reactive ketones (excluding diaryl/α,β-unsaturated/α-hetero) is 1. The van der Waals surface area contributed by atoms with Crippen molar-refractivity contribution in [1.82, 2.24) is 4.90 Å². The van der Waals surface area contributed by atoms with Crippen LogP contribution in [0.2, 0.25) is 0 Å². The van der Waals surface area contributed by atoms with Crippen molar-refractivity contribution in [3.63, 3.8) is 0 Å². The summed E-state index contributed by atoms with van der Waals surface area (Å²) in [7, 11) is 0. The Balaban J connectivity index is 1.69. The van der Waals surface area contributed by atoms with E-state index in [1.807, 2.05) is 77.7 Å². The van der Waals surface area contributed by atoms with Crippen LogP contribution >= 0.6 is 0 Å². The molecule has 4 nitrogen and oxygen atoms in total. The van der Waals surface area contributed by atoms with Crippen LogP contribution < -0.4 is 5.32 Å². The van der Waals surface area contributed by atoms with Crippen molar-refractivity contribution in [3.8, 4) is 0 Å². The Morgan fingerprint density at radius 1 is 0.963 bits per heavy atom. The number of nitrogens with zero attached hydrogens (tertiary/aromatic N) is 1. The van der Waals surface area contributed by atoms with Gasteiger partial charge in [0.2, 0.25) is 0 Å². The molecule has 4 heteroatoms. The maximum atomic E-state index is 13.0. The summed E-state index contributed by atoms with van der Waals surface area (Å²) >= 11 is 0. The molecule has 134 valence electrons. The van der Waals surface area contributed by atoms with Gasteiger partial charge in [-0.25, -0.2) is 0 Å². The Hall–Kier alpha value is -3.40. The van der Waals surface area contributed by atoms with Crippen LogP contribution in [-0.2, 0) is 6.54 Å². The summed E-state index contributed by atoms with van der Waals surface area (Å²) in [5.74, 6) is 0.0253. The number of benzene rings is 3. The summed E-state index contributed by atoms with van der Waals surface area (Å²) in [6.45, 7) is 2.06.